The van der Waals surface area contributed by atoms with Gasteiger partial charge in [0.25, 0.3) is 0 Å². The van der Waals surface area contributed by atoms with Crippen LogP contribution in [0.2, 0.25) is 0 Å². The number of likely N-dealkylation sites (tertiary alicyclic amines) is 2. The Balaban J connectivity index is 0.000000375. The Kier molecular flexibility index (Phi) is 18.9. The maximum absolute atomic E-state index is 8.47. The average Bonchev–Trinajstić information content (AvgIpc) is 3.00. The summed E-state index contributed by atoms with van der Waals surface area (Å²) >= 11 is 8.88. The Labute approximate surface area is 283 Å². The van der Waals surface area contributed by atoms with Gasteiger partial charge < -0.3 is 26.3 Å². The van der Waals surface area contributed by atoms with Crippen molar-refractivity contribution in [3.05, 3.63) is 81.1 Å². The van der Waals surface area contributed by atoms with Gasteiger partial charge in [-0.05, 0) is 75.6 Å². The summed E-state index contributed by atoms with van der Waals surface area (Å²) in [6, 6.07) is 11.5. The van der Waals surface area contributed by atoms with Crippen LogP contribution >= 0.6 is 0 Å². The number of pyridine rings is 2. The van der Waals surface area contributed by atoms with Gasteiger partial charge in [-0.3, -0.25) is 9.97 Å². The number of rotatable bonds is 4. The second-order valence-electron chi connectivity index (χ2n) is 10.2. The van der Waals surface area contributed by atoms with Crippen LogP contribution in [0.5, 0.6) is 0 Å². The predicted octanol–water partition coefficient (Wildman–Crippen LogP) is 2.81. The summed E-state index contributed by atoms with van der Waals surface area (Å²) in [5, 5.41) is 22.3. The summed E-state index contributed by atoms with van der Waals surface area (Å²) in [5.74, 6) is 1.60. The van der Waals surface area contributed by atoms with Gasteiger partial charge in [-0.25, -0.2) is 9.80 Å². The molecule has 4 rings (SSSR count). The van der Waals surface area contributed by atoms with Crippen LogP contribution in [0.3, 0.4) is 0 Å². The molecule has 0 unspecified atom stereocenters. The van der Waals surface area contributed by atoms with Gasteiger partial charge in [-0.2, -0.15) is 0 Å². The molecule has 15 heteroatoms. The van der Waals surface area contributed by atoms with Gasteiger partial charge in [0.05, 0.1) is 11.4 Å². The van der Waals surface area contributed by atoms with Crippen molar-refractivity contribution in [2.75, 3.05) is 26.2 Å². The first-order valence-corrected chi connectivity index (χ1v) is 14.8. The number of thiol groups is 2. The molecule has 0 aliphatic carbocycles. The van der Waals surface area contributed by atoms with Crippen LogP contribution in [-0.2, 0) is 24.4 Å². The molecular weight excluding hydrogens is 783 g/mol. The van der Waals surface area contributed by atoms with Crippen molar-refractivity contribution in [3.8, 4) is 0 Å². The molecule has 0 atom stereocenters. The summed E-state index contributed by atoms with van der Waals surface area (Å²) in [5.41, 5.74) is 11.7. The fraction of sp³-hybridized carbons (Fsp3) is 0.500. The van der Waals surface area contributed by atoms with E-state index in [2.05, 4.69) is 79.1 Å². The Morgan fingerprint density at radius 2 is 1.16 bits per heavy atom. The molecule has 0 saturated carbocycles. The molecule has 2 aromatic heterocycles. The first kappa shape index (κ1) is 38.4. The Morgan fingerprint density at radius 3 is 1.44 bits per heavy atom. The number of aromatic nitrogens is 2. The Morgan fingerprint density at radius 1 is 0.837 bits per heavy atom. The fourth-order valence-corrected chi connectivity index (χ4v) is 4.53. The van der Waals surface area contributed by atoms with E-state index < -0.39 is 5.09 Å². The van der Waals surface area contributed by atoms with E-state index in [9.17, 15) is 0 Å². The molecule has 2 aliphatic rings. The van der Waals surface area contributed by atoms with Crippen molar-refractivity contribution in [2.45, 2.75) is 53.4 Å². The van der Waals surface area contributed by atoms with Crippen molar-refractivity contribution in [3.63, 3.8) is 0 Å². The molecule has 0 bridgehead atoms. The van der Waals surface area contributed by atoms with Crippen molar-refractivity contribution < 1.29 is 10.3 Å². The molecule has 2 saturated heterocycles. The van der Waals surface area contributed by atoms with E-state index >= 15 is 0 Å². The van der Waals surface area contributed by atoms with Gasteiger partial charge in [0.1, 0.15) is 10.1 Å². The molecule has 12 nitrogen and oxygen atoms in total. The van der Waals surface area contributed by atoms with E-state index in [1.165, 1.54) is 25.7 Å². The van der Waals surface area contributed by atoms with Crippen molar-refractivity contribution in [1.82, 2.24) is 19.8 Å². The Bertz CT molecular complexity index is 1100. The van der Waals surface area contributed by atoms with E-state index in [4.69, 9.17) is 15.3 Å². The summed E-state index contributed by atoms with van der Waals surface area (Å²) in [6.07, 6.45) is 8.30. The van der Waals surface area contributed by atoms with Crippen LogP contribution < -0.4 is 0 Å². The van der Waals surface area contributed by atoms with Crippen LogP contribution in [0.15, 0.2) is 59.0 Å². The molecule has 2 aromatic rings. The number of nitrogens with zero attached hydrogens (tertiary/aromatic N) is 9. The molecule has 2 N–H and O–H groups in total. The quantitative estimate of drug-likeness (QED) is 0.0881. The normalized spacial score (nSPS) is 16.7. The molecule has 0 spiro atoms. The van der Waals surface area contributed by atoms with E-state index in [0.717, 1.165) is 60.8 Å². The number of piperidine rings is 2. The zero-order chi connectivity index (χ0) is 30.9. The minimum atomic E-state index is -1.25. The van der Waals surface area contributed by atoms with Crippen LogP contribution in [0.1, 0.15) is 64.8 Å². The third-order valence-electron chi connectivity index (χ3n) is 6.78. The van der Waals surface area contributed by atoms with E-state index in [-0.39, 0.29) is 26.2 Å². The minimum absolute atomic E-state index is 0. The molecule has 4 heterocycles. The van der Waals surface area contributed by atoms with Crippen LogP contribution in [0.25, 0.3) is 10.9 Å². The first-order chi connectivity index (χ1) is 20.1. The predicted molar refractivity (Wildman–Crippen MR) is 185 cm³/mol. The number of hydrogen-bond acceptors (Lipinski definition) is 6. The summed E-state index contributed by atoms with van der Waals surface area (Å²) in [7, 11) is 0. The third-order valence-corrected chi connectivity index (χ3v) is 7.53. The molecule has 43 heavy (non-hydrogen) atoms. The topological polar surface area (TPSA) is 151 Å². The molecule has 2 fully saturated rings. The Hall–Kier alpha value is -2.58. The standard InChI is InChI=1S/2C14H20N4S.Bi.HNO3.H/c2*1-11-6-9-18(10-7-11)14(19)17-16-12(2)13-5-3-4-8-15-13;;2-1(3)4;/h2*3-5,8,11H,6-7,9-10H2,1-2H3,(H,15,17,19);;(H,2,3,4);/p+1. The molecular formula is C28H43BiN9O3S2+. The summed E-state index contributed by atoms with van der Waals surface area (Å²) in [4.78, 5) is 21.3. The summed E-state index contributed by atoms with van der Waals surface area (Å²) < 4.78 is 0. The molecule has 2 radical (unpaired) electrons. The third kappa shape index (κ3) is 15.6. The van der Waals surface area contributed by atoms with Crippen LogP contribution in [0, 0.1) is 22.0 Å². The van der Waals surface area contributed by atoms with Gasteiger partial charge in [0.2, 0.25) is 0 Å². The van der Waals surface area contributed by atoms with Crippen molar-refractivity contribution >= 4 is 72.3 Å². The van der Waals surface area contributed by atoms with E-state index in [1.54, 1.807) is 12.4 Å². The SMILES string of the molecule is CC(=N[N-]C(=[SH+])N1CCC(C)CC1)c1ccccn1.CC(=N[N-]C(=[SH+])N1CCC(C)CC1)c1ccccn1.O=[N+]([O-])[OH2+].[BiH]. The van der Waals surface area contributed by atoms with E-state index in [0.29, 0.717) is 10.2 Å². The maximum atomic E-state index is 8.47. The van der Waals surface area contributed by atoms with E-state index in [1.807, 2.05) is 50.2 Å². The zero-order valence-corrected chi connectivity index (χ0v) is 30.8. The van der Waals surface area contributed by atoms with Gasteiger partial charge >= 0.3 is 31.3 Å². The van der Waals surface area contributed by atoms with Gasteiger partial charge in [-0.15, -0.1) is 0 Å². The van der Waals surface area contributed by atoms with Crippen molar-refractivity contribution in [1.29, 1.82) is 0 Å². The van der Waals surface area contributed by atoms with Crippen LogP contribution in [0.4, 0.5) is 0 Å². The van der Waals surface area contributed by atoms with Gasteiger partial charge in [0.15, 0.2) is 34.7 Å². The summed E-state index contributed by atoms with van der Waals surface area (Å²) in [6.45, 7) is 12.5. The molecule has 234 valence electrons. The van der Waals surface area contributed by atoms with Crippen LogP contribution in [-0.4, -0.2) is 104 Å². The van der Waals surface area contributed by atoms with Gasteiger partial charge in [0, 0.05) is 50.0 Å². The second kappa shape index (κ2) is 21.2. The fourth-order valence-electron chi connectivity index (χ4n) is 4.04. The van der Waals surface area contributed by atoms with Gasteiger partial charge in [-0.1, -0.05) is 26.0 Å². The first-order valence-electron chi connectivity index (χ1n) is 13.9. The monoisotopic (exact) mass is 826 g/mol. The average molecular weight is 827 g/mol. The molecule has 2 aliphatic heterocycles. The number of hydrogen-bond donors (Lipinski definition) is 0. The second-order valence-corrected chi connectivity index (χ2v) is 11.0. The zero-order valence-electron chi connectivity index (χ0n) is 25.2. The molecule has 0 amide bonds. The molecule has 0 aromatic carbocycles. The van der Waals surface area contributed by atoms with Crippen molar-refractivity contribution in [2.24, 2.45) is 22.0 Å².